The summed E-state index contributed by atoms with van der Waals surface area (Å²) in [7, 11) is 5.51. The fraction of sp³-hybridized carbons (Fsp3) is 0.593. The average Bonchev–Trinajstić information content (AvgIpc) is 4.34. The van der Waals surface area contributed by atoms with Crippen molar-refractivity contribution < 1.29 is 60.8 Å². The lowest BCUT2D eigenvalue weighted by atomic mass is 9.95. The molecule has 2 N–H and O–H groups in total. The fourth-order valence-corrected chi connectivity index (χ4v) is 18.6. The molecule has 17 nitrogen and oxygen atoms in total. The Morgan fingerprint density at radius 3 is 2.09 bits per heavy atom. The molecule has 5 aliphatic rings. The van der Waals surface area contributed by atoms with Gasteiger partial charge in [-0.05, 0) is 87.4 Å². The monoisotopic (exact) mass is 1130 g/mol. The number of halogens is 3. The number of Topliss-reactive ketones (excluding diaryl/α,β-unsaturated/α-hetero) is 1. The van der Waals surface area contributed by atoms with Crippen molar-refractivity contribution >= 4 is 60.1 Å². The van der Waals surface area contributed by atoms with Crippen molar-refractivity contribution in [2.75, 3.05) is 78.1 Å². The molecule has 1 aromatic heterocycles. The lowest BCUT2D eigenvalue weighted by Gasteiger charge is -2.43. The highest BCUT2D eigenvalue weighted by Crippen LogP contribution is 2.50. The van der Waals surface area contributed by atoms with E-state index in [-0.39, 0.29) is 54.3 Å². The number of esters is 1. The summed E-state index contributed by atoms with van der Waals surface area (Å²) >= 11 is 0. The van der Waals surface area contributed by atoms with E-state index in [1.54, 1.807) is 36.8 Å². The number of ether oxygens (including phenoxy) is 5. The van der Waals surface area contributed by atoms with Crippen LogP contribution in [-0.2, 0) is 49.3 Å². The molecule has 3 amide bonds. The van der Waals surface area contributed by atoms with Gasteiger partial charge in [0.2, 0.25) is 11.8 Å². The number of amides is 3. The van der Waals surface area contributed by atoms with Crippen LogP contribution < -0.4 is 15.1 Å². The number of ketones is 1. The number of likely N-dealkylation sites (tertiary alicyclic amines) is 2. The van der Waals surface area contributed by atoms with Gasteiger partial charge in [-0.2, -0.15) is 0 Å². The van der Waals surface area contributed by atoms with Crippen molar-refractivity contribution in [2.24, 2.45) is 11.8 Å². The number of anilines is 2. The highest BCUT2D eigenvalue weighted by Gasteiger charge is 2.45. The number of hydrogen-bond acceptors (Lipinski definition) is 13. The lowest BCUT2D eigenvalue weighted by molar-refractivity contribution is -0.152. The minimum absolute atomic E-state index is 0.00629. The lowest BCUT2D eigenvalue weighted by Crippen LogP contribution is -2.54. The molecular weight excluding hydrogens is 1050 g/mol. The first-order chi connectivity index (χ1) is 38.5. The van der Waals surface area contributed by atoms with Crippen molar-refractivity contribution in [3.63, 3.8) is 0 Å². The Labute approximate surface area is 467 Å². The predicted molar refractivity (Wildman–Crippen MR) is 297 cm³/mol. The number of rotatable bonds is 19. The van der Waals surface area contributed by atoms with Crippen LogP contribution in [0, 0.1) is 29.3 Å². The zero-order valence-corrected chi connectivity index (χ0v) is 48.2. The first-order valence-corrected chi connectivity index (χ1v) is 31.2. The Morgan fingerprint density at radius 1 is 0.750 bits per heavy atom. The maximum absolute atomic E-state index is 17.0. The van der Waals surface area contributed by atoms with Gasteiger partial charge in [0.1, 0.15) is 23.4 Å². The quantitative estimate of drug-likeness (QED) is 0.0670. The van der Waals surface area contributed by atoms with E-state index in [0.717, 1.165) is 17.7 Å². The van der Waals surface area contributed by atoms with Gasteiger partial charge in [0.25, 0.3) is 0 Å². The molecule has 9 rings (SSSR count). The van der Waals surface area contributed by atoms with Crippen LogP contribution in [0.2, 0.25) is 24.2 Å². The Kier molecular flexibility index (Phi) is 18.6. The molecule has 21 heteroatoms. The number of aromatic nitrogens is 2. The Balaban J connectivity index is 1.01. The standard InChI is InChI=1S/C59H78F3N7O10Si/c1-35(76-4)41(31-53(71)78-6)57(72)68-33-38(34-75-3)26-51(68)52(70)27-37-13-15-39(16-14-37)48-17-18-49(69(48)40-28-44(61)55(45(62)29-40)66-20-24-80(25-21-66)22-9-8-10-23-80)42-30-46-47(32-43(42)60)64-56(63-46)50-12-11-19-67(50)58(73)54(36(2)77-5)65-59(74)79-7/h13-16,28-30,32,35-36,38,41,48-51,54H,8-12,17-27,31,33-34H2,1-7H3,(H,63,64)(H,65,74)/t35-,36-,38+,41+,48-,49-,50+,51+,54+/m1/s1. The van der Waals surface area contributed by atoms with Crippen LogP contribution in [-0.4, -0.2) is 150 Å². The minimum atomic E-state index is -1.45. The van der Waals surface area contributed by atoms with Crippen LogP contribution in [0.5, 0.6) is 0 Å². The van der Waals surface area contributed by atoms with Gasteiger partial charge in [-0.15, -0.1) is 0 Å². The van der Waals surface area contributed by atoms with E-state index in [0.29, 0.717) is 86.3 Å². The molecule has 0 saturated carbocycles. The number of nitrogens with one attached hydrogen (secondary N) is 2. The van der Waals surface area contributed by atoms with E-state index in [9.17, 15) is 24.0 Å². The van der Waals surface area contributed by atoms with E-state index in [2.05, 4.69) is 10.3 Å². The number of nitrogens with zero attached hydrogens (tertiary/aromatic N) is 5. The number of carbonyl (C=O) groups is 5. The van der Waals surface area contributed by atoms with Gasteiger partial charge in [0, 0.05) is 77.2 Å². The van der Waals surface area contributed by atoms with Crippen LogP contribution in [0.4, 0.5) is 29.3 Å². The molecule has 0 bridgehead atoms. The number of benzene rings is 3. The molecule has 434 valence electrons. The van der Waals surface area contributed by atoms with Gasteiger partial charge < -0.3 is 53.6 Å². The van der Waals surface area contributed by atoms with E-state index in [4.69, 9.17) is 28.7 Å². The summed E-state index contributed by atoms with van der Waals surface area (Å²) in [6, 6.07) is 14.5. The molecule has 5 fully saturated rings. The number of fused-ring (bicyclic) bond motifs is 1. The van der Waals surface area contributed by atoms with Crippen LogP contribution >= 0.6 is 0 Å². The maximum atomic E-state index is 17.0. The molecule has 3 aromatic carbocycles. The van der Waals surface area contributed by atoms with Crippen LogP contribution in [0.25, 0.3) is 11.0 Å². The summed E-state index contributed by atoms with van der Waals surface area (Å²) < 4.78 is 76.8. The number of imidazole rings is 1. The van der Waals surface area contributed by atoms with Crippen molar-refractivity contribution in [1.82, 2.24) is 25.1 Å². The van der Waals surface area contributed by atoms with Gasteiger partial charge in [0.05, 0.1) is 88.6 Å². The molecular formula is C59H78F3N7O10Si. The summed E-state index contributed by atoms with van der Waals surface area (Å²) in [4.78, 5) is 82.4. The second-order valence-electron chi connectivity index (χ2n) is 22.9. The van der Waals surface area contributed by atoms with Crippen LogP contribution in [0.15, 0.2) is 48.5 Å². The second kappa shape index (κ2) is 25.4. The molecule has 5 saturated heterocycles. The molecule has 4 aromatic rings. The van der Waals surface area contributed by atoms with Gasteiger partial charge in [-0.1, -0.05) is 55.6 Å². The molecule has 1 spiro atoms. The third kappa shape index (κ3) is 12.3. The summed E-state index contributed by atoms with van der Waals surface area (Å²) in [5.41, 5.74) is 2.88. The third-order valence-corrected chi connectivity index (χ3v) is 23.6. The predicted octanol–water partition coefficient (Wildman–Crippen LogP) is 9.13. The van der Waals surface area contributed by atoms with Crippen molar-refractivity contribution in [2.45, 2.75) is 145 Å². The molecule has 6 heterocycles. The molecule has 80 heavy (non-hydrogen) atoms. The van der Waals surface area contributed by atoms with Crippen LogP contribution in [0.3, 0.4) is 0 Å². The normalized spacial score (nSPS) is 23.6. The summed E-state index contributed by atoms with van der Waals surface area (Å²) in [6.45, 7) is 5.64. The summed E-state index contributed by atoms with van der Waals surface area (Å²) in [6.07, 6.45) is 4.00. The number of H-pyrrole nitrogens is 1. The highest BCUT2D eigenvalue weighted by atomic mass is 28.3. The van der Waals surface area contributed by atoms with Crippen molar-refractivity contribution in [3.05, 3.63) is 88.5 Å². The minimum Gasteiger partial charge on any atom is -0.469 e. The Bertz CT molecular complexity index is 2860. The zero-order valence-electron chi connectivity index (χ0n) is 47.2. The molecule has 0 unspecified atom stereocenters. The molecule has 9 atom stereocenters. The Morgan fingerprint density at radius 2 is 1.44 bits per heavy atom. The highest BCUT2D eigenvalue weighted by molar-refractivity contribution is 6.80. The number of aromatic amines is 1. The molecule has 5 aliphatic heterocycles. The summed E-state index contributed by atoms with van der Waals surface area (Å²) in [5.74, 6) is -3.90. The number of carbonyl (C=O) groups excluding carboxylic acids is 5. The first kappa shape index (κ1) is 58.6. The van der Waals surface area contributed by atoms with Crippen LogP contribution in [0.1, 0.15) is 112 Å². The number of hydrogen-bond donors (Lipinski definition) is 2. The zero-order chi connectivity index (χ0) is 57.0. The van der Waals surface area contributed by atoms with Crippen molar-refractivity contribution in [1.29, 1.82) is 0 Å². The largest absolute Gasteiger partial charge is 0.469 e. The van der Waals surface area contributed by atoms with E-state index >= 15 is 13.2 Å². The van der Waals surface area contributed by atoms with Gasteiger partial charge in [0.15, 0.2) is 17.4 Å². The Hall–Kier alpha value is -6.03. The topological polar surface area (TPSA) is 185 Å². The molecule has 0 aliphatic carbocycles. The summed E-state index contributed by atoms with van der Waals surface area (Å²) in [5, 5.41) is 2.60. The van der Waals surface area contributed by atoms with Gasteiger partial charge in [-0.3, -0.25) is 19.2 Å². The fourth-order valence-electron chi connectivity index (χ4n) is 13.6. The number of methoxy groups -OCH3 is 5. The third-order valence-electron chi connectivity index (χ3n) is 18.2. The smallest absolute Gasteiger partial charge is 0.407 e. The van der Waals surface area contributed by atoms with E-state index < -0.39 is 85.9 Å². The molecule has 0 radical (unpaired) electrons. The average molecular weight is 1130 g/mol. The van der Waals surface area contributed by atoms with Gasteiger partial charge >= 0.3 is 12.1 Å². The number of alkyl carbamates (subject to hydrolysis) is 1. The second-order valence-corrected chi connectivity index (χ2v) is 27.9. The van der Waals surface area contributed by atoms with Gasteiger partial charge in [-0.25, -0.2) is 22.9 Å². The van der Waals surface area contributed by atoms with E-state index in [1.165, 1.54) is 78.0 Å². The SMILES string of the molecule is COC[C@H]1C[C@@H](C(=O)Cc2ccc([C@H]3CC[C@H](c4cc5[nH]c([C@@H]6CCCN6C(=O)[C@@H](NC(=O)OC)[C@@H](C)OC)nc5cc4F)N3c3cc(F)c(N4CC[Si]5(CCCCC5)CC4)c(F)c3)cc2)N(C(=O)[C@@H](CC(=O)OC)[C@@H](C)OC)C1. The first-order valence-electron chi connectivity index (χ1n) is 28.4. The van der Waals surface area contributed by atoms with E-state index in [1.807, 2.05) is 34.1 Å². The van der Waals surface area contributed by atoms with Crippen molar-refractivity contribution in [3.8, 4) is 0 Å². The maximum Gasteiger partial charge on any atom is 0.407 e.